The molecule has 0 saturated heterocycles. The van der Waals surface area contributed by atoms with Crippen LogP contribution in [0, 0.1) is 0 Å². The van der Waals surface area contributed by atoms with Crippen molar-refractivity contribution < 1.29 is 17.9 Å². The van der Waals surface area contributed by atoms with Crippen molar-refractivity contribution in [3.63, 3.8) is 0 Å². The van der Waals surface area contributed by atoms with E-state index in [2.05, 4.69) is 0 Å². The number of hydrogen-bond donors (Lipinski definition) is 1. The molecule has 0 amide bonds. The molecule has 1 aliphatic carbocycles. The van der Waals surface area contributed by atoms with Gasteiger partial charge < -0.3 is 10.5 Å². The Balaban J connectivity index is 2.19. The SMILES string of the molecule is COc1ccc2c(c1)C(N)C(N(C)CC(F)(F)F)CC2. The lowest BCUT2D eigenvalue weighted by molar-refractivity contribution is -0.148. The van der Waals surface area contributed by atoms with E-state index in [0.717, 1.165) is 17.5 Å². The quantitative estimate of drug-likeness (QED) is 0.928. The van der Waals surface area contributed by atoms with Gasteiger partial charge in [0.1, 0.15) is 5.75 Å². The fourth-order valence-corrected chi connectivity index (χ4v) is 2.82. The number of aryl methyl sites for hydroxylation is 1. The molecule has 1 aromatic rings. The Hall–Kier alpha value is -1.27. The van der Waals surface area contributed by atoms with Crippen molar-refractivity contribution in [2.24, 2.45) is 5.73 Å². The third kappa shape index (κ3) is 3.24. The van der Waals surface area contributed by atoms with Crippen molar-refractivity contribution >= 4 is 0 Å². The van der Waals surface area contributed by atoms with E-state index in [9.17, 15) is 13.2 Å². The van der Waals surface area contributed by atoms with Crippen LogP contribution in [0.2, 0.25) is 0 Å². The van der Waals surface area contributed by atoms with Gasteiger partial charge in [0.2, 0.25) is 0 Å². The molecule has 0 spiro atoms. The number of nitrogens with two attached hydrogens (primary N) is 1. The second-order valence-corrected chi connectivity index (χ2v) is 5.23. The standard InChI is InChI=1S/C14H19F3N2O/c1-19(8-14(15,16)17)12-6-4-9-3-5-10(20-2)7-11(9)13(12)18/h3,5,7,12-13H,4,6,8,18H2,1-2H3. The summed E-state index contributed by atoms with van der Waals surface area (Å²) in [4.78, 5) is 1.30. The van der Waals surface area contributed by atoms with Gasteiger partial charge >= 0.3 is 6.18 Å². The summed E-state index contributed by atoms with van der Waals surface area (Å²) in [5.74, 6) is 0.679. The van der Waals surface area contributed by atoms with Crippen molar-refractivity contribution in [1.29, 1.82) is 0 Å². The molecule has 0 radical (unpaired) electrons. The number of alkyl halides is 3. The first-order chi connectivity index (χ1) is 9.31. The Morgan fingerprint density at radius 3 is 2.70 bits per heavy atom. The number of nitrogens with zero attached hydrogens (tertiary/aromatic N) is 1. The lowest BCUT2D eigenvalue weighted by atomic mass is 9.83. The first-order valence-corrected chi connectivity index (χ1v) is 6.51. The van der Waals surface area contributed by atoms with E-state index in [4.69, 9.17) is 10.5 Å². The first-order valence-electron chi connectivity index (χ1n) is 6.51. The molecule has 112 valence electrons. The van der Waals surface area contributed by atoms with Gasteiger partial charge in [-0.1, -0.05) is 6.07 Å². The van der Waals surface area contributed by atoms with E-state index in [1.807, 2.05) is 18.2 Å². The first kappa shape index (κ1) is 15.1. The average Bonchev–Trinajstić information content (AvgIpc) is 2.36. The molecule has 0 bridgehead atoms. The Kier molecular flexibility index (Phi) is 4.25. The minimum absolute atomic E-state index is 0.309. The molecule has 2 atom stereocenters. The summed E-state index contributed by atoms with van der Waals surface area (Å²) in [6.45, 7) is -0.940. The van der Waals surface area contributed by atoms with Gasteiger partial charge in [-0.2, -0.15) is 13.2 Å². The summed E-state index contributed by atoms with van der Waals surface area (Å²) in [5, 5.41) is 0. The summed E-state index contributed by atoms with van der Waals surface area (Å²) in [7, 11) is 3.03. The second kappa shape index (κ2) is 5.61. The minimum Gasteiger partial charge on any atom is -0.497 e. The summed E-state index contributed by atoms with van der Waals surface area (Å²) < 4.78 is 42.7. The van der Waals surface area contributed by atoms with Crippen LogP contribution in [-0.4, -0.2) is 37.8 Å². The molecule has 20 heavy (non-hydrogen) atoms. The van der Waals surface area contributed by atoms with E-state index >= 15 is 0 Å². The zero-order valence-corrected chi connectivity index (χ0v) is 11.6. The Bertz CT molecular complexity index is 476. The van der Waals surface area contributed by atoms with Crippen molar-refractivity contribution in [3.05, 3.63) is 29.3 Å². The zero-order chi connectivity index (χ0) is 14.9. The van der Waals surface area contributed by atoms with Gasteiger partial charge in [-0.15, -0.1) is 0 Å². The van der Waals surface area contributed by atoms with Crippen LogP contribution in [0.15, 0.2) is 18.2 Å². The highest BCUT2D eigenvalue weighted by Crippen LogP contribution is 2.34. The van der Waals surface area contributed by atoms with Crippen LogP contribution in [0.3, 0.4) is 0 Å². The molecule has 3 nitrogen and oxygen atoms in total. The number of hydrogen-bond acceptors (Lipinski definition) is 3. The number of rotatable bonds is 3. The highest BCUT2D eigenvalue weighted by atomic mass is 19.4. The van der Waals surface area contributed by atoms with Gasteiger partial charge in [0.05, 0.1) is 13.7 Å². The van der Waals surface area contributed by atoms with Crippen LogP contribution in [0.4, 0.5) is 13.2 Å². The van der Waals surface area contributed by atoms with Crippen LogP contribution >= 0.6 is 0 Å². The maximum atomic E-state index is 12.5. The number of benzene rings is 1. The molecule has 2 N–H and O–H groups in total. The van der Waals surface area contributed by atoms with Crippen molar-refractivity contribution in [1.82, 2.24) is 4.90 Å². The monoisotopic (exact) mass is 288 g/mol. The predicted octanol–water partition coefficient (Wildman–Crippen LogP) is 2.50. The normalized spacial score (nSPS) is 22.8. The van der Waals surface area contributed by atoms with Crippen molar-refractivity contribution in [2.45, 2.75) is 31.1 Å². The Labute approximate surface area is 116 Å². The van der Waals surface area contributed by atoms with E-state index in [1.54, 1.807) is 7.11 Å². The third-order valence-electron chi connectivity index (χ3n) is 3.83. The fourth-order valence-electron chi connectivity index (χ4n) is 2.82. The maximum absolute atomic E-state index is 12.5. The highest BCUT2D eigenvalue weighted by Gasteiger charge is 2.36. The van der Waals surface area contributed by atoms with Gasteiger partial charge in [0.15, 0.2) is 0 Å². The summed E-state index contributed by atoms with van der Waals surface area (Å²) >= 11 is 0. The van der Waals surface area contributed by atoms with Crippen molar-refractivity contribution in [3.8, 4) is 5.75 Å². The molecular weight excluding hydrogens is 269 g/mol. The van der Waals surface area contributed by atoms with Gasteiger partial charge in [-0.05, 0) is 43.1 Å². The third-order valence-corrected chi connectivity index (χ3v) is 3.83. The number of fused-ring (bicyclic) bond motifs is 1. The summed E-state index contributed by atoms with van der Waals surface area (Å²) in [5.41, 5.74) is 8.15. The van der Waals surface area contributed by atoms with E-state index in [0.29, 0.717) is 12.2 Å². The van der Waals surface area contributed by atoms with Crippen molar-refractivity contribution in [2.75, 3.05) is 20.7 Å². The summed E-state index contributed by atoms with van der Waals surface area (Å²) in [6, 6.07) is 4.88. The Morgan fingerprint density at radius 2 is 2.10 bits per heavy atom. The van der Waals surface area contributed by atoms with Crippen LogP contribution in [0.1, 0.15) is 23.6 Å². The molecular formula is C14H19F3N2O. The van der Waals surface area contributed by atoms with Crippen LogP contribution < -0.4 is 10.5 Å². The fraction of sp³-hybridized carbons (Fsp3) is 0.571. The zero-order valence-electron chi connectivity index (χ0n) is 11.6. The lowest BCUT2D eigenvalue weighted by Gasteiger charge is -2.37. The molecule has 0 saturated carbocycles. The lowest BCUT2D eigenvalue weighted by Crippen LogP contribution is -2.46. The molecule has 0 heterocycles. The number of likely N-dealkylation sites (N-methyl/N-ethyl adjacent to an activating group) is 1. The van der Waals surface area contributed by atoms with E-state index in [1.165, 1.54) is 11.9 Å². The minimum atomic E-state index is -4.21. The van der Waals surface area contributed by atoms with Crippen LogP contribution in [-0.2, 0) is 6.42 Å². The van der Waals surface area contributed by atoms with Gasteiger partial charge in [0.25, 0.3) is 0 Å². The van der Waals surface area contributed by atoms with E-state index < -0.39 is 18.8 Å². The average molecular weight is 288 g/mol. The molecule has 2 unspecified atom stereocenters. The molecule has 6 heteroatoms. The summed E-state index contributed by atoms with van der Waals surface area (Å²) in [6.07, 6.45) is -2.84. The number of halogens is 3. The molecule has 2 rings (SSSR count). The van der Waals surface area contributed by atoms with Gasteiger partial charge in [-0.25, -0.2) is 0 Å². The number of methoxy groups -OCH3 is 1. The number of ether oxygens (including phenoxy) is 1. The van der Waals surface area contributed by atoms with E-state index in [-0.39, 0.29) is 6.04 Å². The largest absolute Gasteiger partial charge is 0.497 e. The molecule has 1 aromatic carbocycles. The second-order valence-electron chi connectivity index (χ2n) is 5.23. The van der Waals surface area contributed by atoms with Gasteiger partial charge in [-0.3, -0.25) is 4.90 Å². The topological polar surface area (TPSA) is 38.5 Å². The molecule has 1 aliphatic rings. The maximum Gasteiger partial charge on any atom is 0.401 e. The molecule has 0 fully saturated rings. The van der Waals surface area contributed by atoms with Gasteiger partial charge in [0, 0.05) is 12.1 Å². The predicted molar refractivity (Wildman–Crippen MR) is 70.7 cm³/mol. The Morgan fingerprint density at radius 1 is 1.40 bits per heavy atom. The highest BCUT2D eigenvalue weighted by molar-refractivity contribution is 5.40. The smallest absolute Gasteiger partial charge is 0.401 e. The molecule has 0 aliphatic heterocycles. The molecule has 0 aromatic heterocycles. The van der Waals surface area contributed by atoms with Crippen LogP contribution in [0.5, 0.6) is 5.75 Å². The van der Waals surface area contributed by atoms with Crippen LogP contribution in [0.25, 0.3) is 0 Å².